The van der Waals surface area contributed by atoms with Gasteiger partial charge in [0.2, 0.25) is 5.88 Å². The first-order valence-corrected chi connectivity index (χ1v) is 6.58. The van der Waals surface area contributed by atoms with Gasteiger partial charge in [0, 0.05) is 12.1 Å². The number of carbonyl (C=O) groups is 1. The molecule has 9 heteroatoms. The van der Waals surface area contributed by atoms with Crippen molar-refractivity contribution in [3.63, 3.8) is 0 Å². The summed E-state index contributed by atoms with van der Waals surface area (Å²) in [5.41, 5.74) is 1.13. The lowest BCUT2D eigenvalue weighted by Crippen LogP contribution is -2.23. The zero-order chi connectivity index (χ0) is 17.7. The number of pyridine rings is 1. The highest BCUT2D eigenvalue weighted by Gasteiger charge is 2.30. The Morgan fingerprint density at radius 1 is 1.12 bits per heavy atom. The SMILES string of the molecule is CONC(=O)c1cc(OC)cc(Oc2cccc(C(F)(F)F)c2)n1. The van der Waals surface area contributed by atoms with Crippen molar-refractivity contribution < 1.29 is 32.3 Å². The molecule has 1 heterocycles. The summed E-state index contributed by atoms with van der Waals surface area (Å²) in [6, 6.07) is 6.96. The number of methoxy groups -OCH3 is 1. The van der Waals surface area contributed by atoms with Crippen LogP contribution in [0.1, 0.15) is 16.1 Å². The highest BCUT2D eigenvalue weighted by molar-refractivity contribution is 5.92. The number of nitrogens with one attached hydrogen (secondary N) is 1. The molecule has 0 aliphatic carbocycles. The Morgan fingerprint density at radius 3 is 2.50 bits per heavy atom. The fraction of sp³-hybridized carbons (Fsp3) is 0.200. The molecule has 0 unspecified atom stereocenters. The molecule has 0 aliphatic rings. The van der Waals surface area contributed by atoms with Crippen LogP contribution in [-0.4, -0.2) is 25.1 Å². The molecule has 2 aromatic rings. The van der Waals surface area contributed by atoms with Crippen LogP contribution in [0.15, 0.2) is 36.4 Å². The van der Waals surface area contributed by atoms with Crippen LogP contribution in [0.4, 0.5) is 13.2 Å². The third-order valence-corrected chi connectivity index (χ3v) is 2.82. The molecule has 0 atom stereocenters. The number of carbonyl (C=O) groups excluding carboxylic acids is 1. The number of hydroxylamine groups is 1. The smallest absolute Gasteiger partial charge is 0.416 e. The zero-order valence-electron chi connectivity index (χ0n) is 12.7. The summed E-state index contributed by atoms with van der Waals surface area (Å²) in [5.74, 6) is -0.600. The van der Waals surface area contributed by atoms with Gasteiger partial charge in [-0.05, 0) is 18.2 Å². The topological polar surface area (TPSA) is 69.7 Å². The van der Waals surface area contributed by atoms with E-state index in [0.29, 0.717) is 0 Å². The van der Waals surface area contributed by atoms with Crippen LogP contribution in [0.2, 0.25) is 0 Å². The van der Waals surface area contributed by atoms with E-state index in [4.69, 9.17) is 9.47 Å². The first-order valence-electron chi connectivity index (χ1n) is 6.58. The molecule has 0 fully saturated rings. The van der Waals surface area contributed by atoms with E-state index in [1.807, 2.05) is 0 Å². The Morgan fingerprint density at radius 2 is 1.88 bits per heavy atom. The predicted octanol–water partition coefficient (Wildman–Crippen LogP) is 3.19. The second-order valence-corrected chi connectivity index (χ2v) is 4.49. The summed E-state index contributed by atoms with van der Waals surface area (Å²) in [4.78, 5) is 20.2. The lowest BCUT2D eigenvalue weighted by Gasteiger charge is -2.11. The number of hydrogen-bond donors (Lipinski definition) is 1. The van der Waals surface area contributed by atoms with Gasteiger partial charge < -0.3 is 9.47 Å². The molecule has 1 aromatic heterocycles. The molecule has 2 rings (SSSR count). The summed E-state index contributed by atoms with van der Waals surface area (Å²) in [5, 5.41) is 0. The number of nitrogens with zero attached hydrogens (tertiary/aromatic N) is 1. The highest BCUT2D eigenvalue weighted by atomic mass is 19.4. The number of halogens is 3. The van der Waals surface area contributed by atoms with Crippen molar-refractivity contribution in [2.45, 2.75) is 6.18 Å². The van der Waals surface area contributed by atoms with E-state index in [2.05, 4.69) is 15.3 Å². The third-order valence-electron chi connectivity index (χ3n) is 2.82. The first-order chi connectivity index (χ1) is 11.3. The Hall–Kier alpha value is -2.81. The quantitative estimate of drug-likeness (QED) is 0.845. The second kappa shape index (κ2) is 7.18. The van der Waals surface area contributed by atoms with Crippen LogP contribution in [0.5, 0.6) is 17.4 Å². The maximum Gasteiger partial charge on any atom is 0.416 e. The Labute approximate surface area is 135 Å². The van der Waals surface area contributed by atoms with Gasteiger partial charge in [-0.3, -0.25) is 9.63 Å². The molecule has 0 radical (unpaired) electrons. The van der Waals surface area contributed by atoms with Crippen molar-refractivity contribution in [3.05, 3.63) is 47.7 Å². The minimum absolute atomic E-state index is 0.0799. The van der Waals surface area contributed by atoms with Crippen molar-refractivity contribution in [2.24, 2.45) is 0 Å². The van der Waals surface area contributed by atoms with Crippen molar-refractivity contribution in [1.29, 1.82) is 0 Å². The maximum atomic E-state index is 12.7. The van der Waals surface area contributed by atoms with Gasteiger partial charge in [-0.2, -0.15) is 13.2 Å². The Kier molecular flexibility index (Phi) is 5.24. The van der Waals surface area contributed by atoms with Gasteiger partial charge in [0.25, 0.3) is 5.91 Å². The number of rotatable bonds is 5. The van der Waals surface area contributed by atoms with Crippen LogP contribution in [0, 0.1) is 0 Å². The average molecular weight is 342 g/mol. The summed E-state index contributed by atoms with van der Waals surface area (Å²) in [7, 11) is 2.61. The summed E-state index contributed by atoms with van der Waals surface area (Å²) in [6.07, 6.45) is -4.50. The third kappa shape index (κ3) is 4.35. The molecular formula is C15H13F3N2O4. The molecule has 1 aromatic carbocycles. The largest absolute Gasteiger partial charge is 0.496 e. The van der Waals surface area contributed by atoms with Gasteiger partial charge in [0.15, 0.2) is 0 Å². The van der Waals surface area contributed by atoms with Crippen LogP contribution in [0.3, 0.4) is 0 Å². The van der Waals surface area contributed by atoms with Gasteiger partial charge >= 0.3 is 6.18 Å². The molecule has 0 saturated heterocycles. The Bertz CT molecular complexity index is 735. The second-order valence-electron chi connectivity index (χ2n) is 4.49. The standard InChI is InChI=1S/C15H13F3N2O4/c1-22-11-7-12(14(21)20-23-2)19-13(8-11)24-10-5-3-4-9(6-10)15(16,17)18/h3-8H,1-2H3,(H,20,21). The van der Waals surface area contributed by atoms with Crippen molar-refractivity contribution in [1.82, 2.24) is 10.5 Å². The monoisotopic (exact) mass is 342 g/mol. The number of aromatic nitrogens is 1. The molecule has 24 heavy (non-hydrogen) atoms. The molecule has 1 N–H and O–H groups in total. The van der Waals surface area contributed by atoms with Gasteiger partial charge in [0.1, 0.15) is 17.2 Å². The average Bonchev–Trinajstić information content (AvgIpc) is 2.54. The number of alkyl halides is 3. The minimum atomic E-state index is -4.50. The summed E-state index contributed by atoms with van der Waals surface area (Å²) in [6.45, 7) is 0. The van der Waals surface area contributed by atoms with E-state index < -0.39 is 17.6 Å². The molecular weight excluding hydrogens is 329 g/mol. The van der Waals surface area contributed by atoms with Gasteiger partial charge in [-0.25, -0.2) is 10.5 Å². The van der Waals surface area contributed by atoms with Crippen molar-refractivity contribution in [3.8, 4) is 17.4 Å². The highest BCUT2D eigenvalue weighted by Crippen LogP contribution is 2.33. The fourth-order valence-corrected chi connectivity index (χ4v) is 1.77. The number of hydrogen-bond acceptors (Lipinski definition) is 5. The molecule has 0 aliphatic heterocycles. The first kappa shape index (κ1) is 17.5. The van der Waals surface area contributed by atoms with E-state index in [-0.39, 0.29) is 23.1 Å². The Balaban J connectivity index is 2.32. The molecule has 128 valence electrons. The minimum Gasteiger partial charge on any atom is -0.496 e. The van der Waals surface area contributed by atoms with E-state index in [1.165, 1.54) is 38.5 Å². The molecule has 6 nitrogen and oxygen atoms in total. The van der Waals surface area contributed by atoms with Crippen molar-refractivity contribution >= 4 is 5.91 Å². The lowest BCUT2D eigenvalue weighted by molar-refractivity contribution is -0.137. The van der Waals surface area contributed by atoms with Crippen LogP contribution >= 0.6 is 0 Å². The van der Waals surface area contributed by atoms with E-state index >= 15 is 0 Å². The van der Waals surface area contributed by atoms with E-state index in [0.717, 1.165) is 12.1 Å². The number of ether oxygens (including phenoxy) is 2. The van der Waals surface area contributed by atoms with Crippen LogP contribution in [-0.2, 0) is 11.0 Å². The summed E-state index contributed by atoms with van der Waals surface area (Å²) >= 11 is 0. The van der Waals surface area contributed by atoms with E-state index in [1.54, 1.807) is 0 Å². The van der Waals surface area contributed by atoms with E-state index in [9.17, 15) is 18.0 Å². The predicted molar refractivity (Wildman–Crippen MR) is 76.8 cm³/mol. The lowest BCUT2D eigenvalue weighted by atomic mass is 10.2. The normalized spacial score (nSPS) is 11.0. The van der Waals surface area contributed by atoms with Gasteiger partial charge in [-0.15, -0.1) is 0 Å². The number of benzene rings is 1. The molecule has 0 spiro atoms. The number of amides is 1. The summed E-state index contributed by atoms with van der Waals surface area (Å²) < 4.78 is 48.5. The maximum absolute atomic E-state index is 12.7. The van der Waals surface area contributed by atoms with Gasteiger partial charge in [0.05, 0.1) is 19.8 Å². The zero-order valence-corrected chi connectivity index (χ0v) is 12.7. The van der Waals surface area contributed by atoms with Crippen LogP contribution in [0.25, 0.3) is 0 Å². The molecule has 0 bridgehead atoms. The fourth-order valence-electron chi connectivity index (χ4n) is 1.77. The molecule has 1 amide bonds. The van der Waals surface area contributed by atoms with Crippen molar-refractivity contribution in [2.75, 3.05) is 14.2 Å². The van der Waals surface area contributed by atoms with Crippen LogP contribution < -0.4 is 15.0 Å². The van der Waals surface area contributed by atoms with Gasteiger partial charge in [-0.1, -0.05) is 6.07 Å². The molecule has 0 saturated carbocycles.